The average Bonchev–Trinajstić information content (AvgIpc) is 2.23. The van der Waals surface area contributed by atoms with Gasteiger partial charge in [0, 0.05) is 6.04 Å². The summed E-state index contributed by atoms with van der Waals surface area (Å²) in [4.78, 5) is 36.2. The van der Waals surface area contributed by atoms with Gasteiger partial charge in [0.1, 0.15) is 5.92 Å². The molecular weight excluding hydrogens is 208 g/mol. The number of amides is 4. The summed E-state index contributed by atoms with van der Waals surface area (Å²) in [6, 6.07) is -0.753. The number of barbiturate groups is 1. The fourth-order valence-corrected chi connectivity index (χ4v) is 1.78. The van der Waals surface area contributed by atoms with Gasteiger partial charge >= 0.3 is 6.03 Å². The Kier molecular flexibility index (Phi) is 4.04. The summed E-state index contributed by atoms with van der Waals surface area (Å²) in [5, 5.41) is 2.24. The Balaban J connectivity index is 2.89. The van der Waals surface area contributed by atoms with Crippen LogP contribution in [0.4, 0.5) is 4.79 Å². The number of nitrogens with one attached hydrogen (secondary N) is 1. The predicted octanol–water partition coefficient (Wildman–Crippen LogP) is 1.28. The summed E-state index contributed by atoms with van der Waals surface area (Å²) in [5.74, 6) is -1.52. The summed E-state index contributed by atoms with van der Waals surface area (Å²) >= 11 is 0. The van der Waals surface area contributed by atoms with Crippen molar-refractivity contribution >= 4 is 17.8 Å². The molecular formula is C11H18N2O3. The third kappa shape index (κ3) is 2.23. The van der Waals surface area contributed by atoms with Crippen LogP contribution in [0.15, 0.2) is 0 Å². The second kappa shape index (κ2) is 5.09. The predicted molar refractivity (Wildman–Crippen MR) is 58.5 cm³/mol. The highest BCUT2D eigenvalue weighted by Gasteiger charge is 2.41. The van der Waals surface area contributed by atoms with Crippen molar-refractivity contribution in [2.45, 2.75) is 46.1 Å². The highest BCUT2D eigenvalue weighted by Crippen LogP contribution is 2.18. The van der Waals surface area contributed by atoms with Gasteiger partial charge in [-0.3, -0.25) is 19.8 Å². The molecule has 2 unspecified atom stereocenters. The SMILES string of the molecule is CCCC1C(=O)NC(=O)N(C(C)CC)C1=O. The number of hydrogen-bond acceptors (Lipinski definition) is 3. The lowest BCUT2D eigenvalue weighted by Crippen LogP contribution is -2.60. The van der Waals surface area contributed by atoms with Gasteiger partial charge in [0.15, 0.2) is 0 Å². The average molecular weight is 226 g/mol. The summed E-state index contributed by atoms with van der Waals surface area (Å²) in [6.45, 7) is 5.61. The van der Waals surface area contributed by atoms with E-state index in [1.807, 2.05) is 13.8 Å². The van der Waals surface area contributed by atoms with E-state index >= 15 is 0 Å². The highest BCUT2D eigenvalue weighted by molar-refractivity contribution is 6.16. The molecule has 16 heavy (non-hydrogen) atoms. The molecule has 5 heteroatoms. The zero-order valence-corrected chi connectivity index (χ0v) is 9.95. The van der Waals surface area contributed by atoms with Crippen LogP contribution in [0.1, 0.15) is 40.0 Å². The molecule has 4 amide bonds. The molecule has 0 spiro atoms. The Morgan fingerprint density at radius 3 is 2.44 bits per heavy atom. The van der Waals surface area contributed by atoms with Crippen LogP contribution in [0.2, 0.25) is 0 Å². The molecule has 0 bridgehead atoms. The molecule has 0 radical (unpaired) electrons. The van der Waals surface area contributed by atoms with E-state index in [1.165, 1.54) is 4.90 Å². The van der Waals surface area contributed by atoms with E-state index in [-0.39, 0.29) is 11.9 Å². The monoisotopic (exact) mass is 226 g/mol. The van der Waals surface area contributed by atoms with Crippen LogP contribution < -0.4 is 5.32 Å². The van der Waals surface area contributed by atoms with Gasteiger partial charge in [-0.1, -0.05) is 20.3 Å². The number of urea groups is 1. The number of hydrogen-bond donors (Lipinski definition) is 1. The van der Waals surface area contributed by atoms with E-state index in [4.69, 9.17) is 0 Å². The molecule has 5 nitrogen and oxygen atoms in total. The van der Waals surface area contributed by atoms with Gasteiger partial charge < -0.3 is 0 Å². The molecule has 2 atom stereocenters. The van der Waals surface area contributed by atoms with Gasteiger partial charge in [0.05, 0.1) is 0 Å². The van der Waals surface area contributed by atoms with Crippen LogP contribution >= 0.6 is 0 Å². The van der Waals surface area contributed by atoms with Gasteiger partial charge in [-0.2, -0.15) is 0 Å². The molecule has 1 heterocycles. The molecule has 1 N–H and O–H groups in total. The van der Waals surface area contributed by atoms with E-state index in [2.05, 4.69) is 5.32 Å². The zero-order chi connectivity index (χ0) is 12.3. The third-order valence-electron chi connectivity index (χ3n) is 2.91. The lowest BCUT2D eigenvalue weighted by Gasteiger charge is -2.33. The molecule has 0 aromatic rings. The van der Waals surface area contributed by atoms with Crippen molar-refractivity contribution in [3.05, 3.63) is 0 Å². The van der Waals surface area contributed by atoms with Gasteiger partial charge in [-0.25, -0.2) is 4.79 Å². The number of carbonyl (C=O) groups is 3. The summed E-state index contributed by atoms with van der Waals surface area (Å²) in [6.07, 6.45) is 1.92. The van der Waals surface area contributed by atoms with E-state index in [0.29, 0.717) is 12.8 Å². The number of rotatable bonds is 4. The zero-order valence-electron chi connectivity index (χ0n) is 9.95. The molecule has 1 rings (SSSR count). The first-order valence-corrected chi connectivity index (χ1v) is 5.70. The van der Waals surface area contributed by atoms with Gasteiger partial charge in [0.2, 0.25) is 11.8 Å². The van der Waals surface area contributed by atoms with E-state index < -0.39 is 17.9 Å². The first-order valence-electron chi connectivity index (χ1n) is 5.70. The minimum Gasteiger partial charge on any atom is -0.277 e. The first-order chi connectivity index (χ1) is 7.52. The Hall–Kier alpha value is -1.39. The van der Waals surface area contributed by atoms with Gasteiger partial charge in [0.25, 0.3) is 0 Å². The largest absolute Gasteiger partial charge is 0.331 e. The first kappa shape index (κ1) is 12.7. The Morgan fingerprint density at radius 1 is 1.31 bits per heavy atom. The lowest BCUT2D eigenvalue weighted by molar-refractivity contribution is -0.144. The molecule has 1 aliphatic heterocycles. The van der Waals surface area contributed by atoms with Gasteiger partial charge in [-0.05, 0) is 19.8 Å². The lowest BCUT2D eigenvalue weighted by atomic mass is 9.98. The standard InChI is InChI=1S/C11H18N2O3/c1-4-6-8-9(14)12-11(16)13(10(8)15)7(3)5-2/h7-8H,4-6H2,1-3H3,(H,12,14,16). The van der Waals surface area contributed by atoms with Crippen LogP contribution in [0, 0.1) is 5.92 Å². The Labute approximate surface area is 95.2 Å². The van der Waals surface area contributed by atoms with Crippen molar-refractivity contribution in [2.24, 2.45) is 5.92 Å². The highest BCUT2D eigenvalue weighted by atomic mass is 16.2. The van der Waals surface area contributed by atoms with Crippen molar-refractivity contribution in [3.8, 4) is 0 Å². The third-order valence-corrected chi connectivity index (χ3v) is 2.91. The molecule has 0 aliphatic carbocycles. The molecule has 0 saturated carbocycles. The number of nitrogens with zero attached hydrogens (tertiary/aromatic N) is 1. The van der Waals surface area contributed by atoms with E-state index in [9.17, 15) is 14.4 Å². The van der Waals surface area contributed by atoms with Gasteiger partial charge in [-0.15, -0.1) is 0 Å². The smallest absolute Gasteiger partial charge is 0.277 e. The van der Waals surface area contributed by atoms with Crippen molar-refractivity contribution < 1.29 is 14.4 Å². The second-order valence-electron chi connectivity index (χ2n) is 4.10. The molecule has 1 saturated heterocycles. The van der Waals surface area contributed by atoms with Crippen LogP contribution in [0.25, 0.3) is 0 Å². The van der Waals surface area contributed by atoms with Crippen LogP contribution in [-0.2, 0) is 9.59 Å². The van der Waals surface area contributed by atoms with E-state index in [0.717, 1.165) is 6.42 Å². The molecule has 1 aliphatic rings. The minimum atomic E-state index is -0.698. The fourth-order valence-electron chi connectivity index (χ4n) is 1.78. The topological polar surface area (TPSA) is 66.5 Å². The Morgan fingerprint density at radius 2 is 1.94 bits per heavy atom. The quantitative estimate of drug-likeness (QED) is 0.734. The van der Waals surface area contributed by atoms with E-state index in [1.54, 1.807) is 6.92 Å². The molecule has 90 valence electrons. The normalized spacial score (nSPS) is 23.3. The number of carbonyl (C=O) groups excluding carboxylic acids is 3. The van der Waals surface area contributed by atoms with Crippen molar-refractivity contribution in [1.29, 1.82) is 0 Å². The summed E-state index contributed by atoms with van der Waals surface area (Å²) in [7, 11) is 0. The second-order valence-corrected chi connectivity index (χ2v) is 4.10. The fraction of sp³-hybridized carbons (Fsp3) is 0.727. The van der Waals surface area contributed by atoms with Crippen LogP contribution in [0.5, 0.6) is 0 Å². The maximum atomic E-state index is 12.0. The van der Waals surface area contributed by atoms with Crippen molar-refractivity contribution in [3.63, 3.8) is 0 Å². The summed E-state index contributed by atoms with van der Waals surface area (Å²) < 4.78 is 0. The maximum Gasteiger partial charge on any atom is 0.331 e. The maximum absolute atomic E-state index is 12.0. The van der Waals surface area contributed by atoms with Crippen LogP contribution in [-0.4, -0.2) is 28.8 Å². The molecule has 0 aromatic heterocycles. The van der Waals surface area contributed by atoms with Crippen molar-refractivity contribution in [2.75, 3.05) is 0 Å². The molecule has 0 aromatic carbocycles. The Bertz CT molecular complexity index is 314. The van der Waals surface area contributed by atoms with Crippen molar-refractivity contribution in [1.82, 2.24) is 10.2 Å². The summed E-state index contributed by atoms with van der Waals surface area (Å²) in [5.41, 5.74) is 0. The number of imide groups is 2. The van der Waals surface area contributed by atoms with Crippen LogP contribution in [0.3, 0.4) is 0 Å². The minimum absolute atomic E-state index is 0.167. The molecule has 1 fully saturated rings.